The van der Waals surface area contributed by atoms with Crippen molar-refractivity contribution in [3.8, 4) is 5.75 Å². The number of benzene rings is 2. The second-order valence-electron chi connectivity index (χ2n) is 4.73. The average molecular weight is 340 g/mol. The van der Waals surface area contributed by atoms with Crippen LogP contribution in [0.5, 0.6) is 5.75 Å². The van der Waals surface area contributed by atoms with Crippen molar-refractivity contribution in [1.29, 1.82) is 0 Å². The first-order valence-electron chi connectivity index (χ1n) is 6.22. The zero-order valence-corrected chi connectivity index (χ0v) is 12.1. The molecule has 0 bridgehead atoms. The molecule has 0 fully saturated rings. The third-order valence-corrected chi connectivity index (χ3v) is 3.87. The lowest BCUT2D eigenvalue weighted by Gasteiger charge is -2.17. The van der Waals surface area contributed by atoms with Gasteiger partial charge < -0.3 is 10.5 Å². The summed E-state index contributed by atoms with van der Waals surface area (Å²) in [6.45, 7) is 0.614. The zero-order valence-electron chi connectivity index (χ0n) is 10.5. The molecule has 1 heterocycles. The summed E-state index contributed by atoms with van der Waals surface area (Å²) < 4.78 is 32.8. The van der Waals surface area contributed by atoms with Crippen LogP contribution in [0.4, 0.5) is 8.78 Å². The van der Waals surface area contributed by atoms with E-state index in [4.69, 9.17) is 10.5 Å². The van der Waals surface area contributed by atoms with Crippen LogP contribution < -0.4 is 10.5 Å². The number of halogens is 3. The fourth-order valence-corrected chi connectivity index (χ4v) is 2.94. The summed E-state index contributed by atoms with van der Waals surface area (Å²) in [4.78, 5) is 0. The van der Waals surface area contributed by atoms with E-state index in [1.807, 2.05) is 12.1 Å². The van der Waals surface area contributed by atoms with Gasteiger partial charge in [-0.05, 0) is 35.4 Å². The molecule has 2 aromatic carbocycles. The maximum Gasteiger partial charge on any atom is 0.159 e. The normalized spacial score (nSPS) is 14.8. The molecule has 20 heavy (non-hydrogen) atoms. The van der Waals surface area contributed by atoms with E-state index in [1.54, 1.807) is 0 Å². The summed E-state index contributed by atoms with van der Waals surface area (Å²) in [6, 6.07) is 6.99. The molecular formula is C15H12BrF2NO. The second kappa shape index (κ2) is 5.14. The van der Waals surface area contributed by atoms with Gasteiger partial charge in [-0.25, -0.2) is 8.78 Å². The molecule has 5 heteroatoms. The molecule has 2 aromatic rings. The molecule has 0 aromatic heterocycles. The van der Waals surface area contributed by atoms with Gasteiger partial charge in [-0.3, -0.25) is 0 Å². The Bertz CT molecular complexity index is 675. The Balaban J connectivity index is 2.06. The quantitative estimate of drug-likeness (QED) is 0.905. The summed E-state index contributed by atoms with van der Waals surface area (Å²) >= 11 is 3.44. The molecule has 1 unspecified atom stereocenters. The molecule has 0 saturated heterocycles. The molecule has 0 saturated carbocycles. The Hall–Kier alpha value is -1.46. The van der Waals surface area contributed by atoms with Crippen LogP contribution in [-0.2, 0) is 6.42 Å². The van der Waals surface area contributed by atoms with Crippen LogP contribution in [0.25, 0.3) is 0 Å². The molecule has 2 N–H and O–H groups in total. The Kier molecular flexibility index (Phi) is 3.48. The van der Waals surface area contributed by atoms with Crippen LogP contribution in [-0.4, -0.2) is 6.61 Å². The highest BCUT2D eigenvalue weighted by Gasteiger charge is 2.22. The van der Waals surface area contributed by atoms with Gasteiger partial charge in [-0.1, -0.05) is 22.0 Å². The second-order valence-corrected chi connectivity index (χ2v) is 5.65. The minimum absolute atomic E-state index is 0.514. The van der Waals surface area contributed by atoms with Crippen molar-refractivity contribution in [3.05, 3.63) is 63.1 Å². The molecule has 0 amide bonds. The van der Waals surface area contributed by atoms with Crippen LogP contribution >= 0.6 is 15.9 Å². The summed E-state index contributed by atoms with van der Waals surface area (Å²) in [5.74, 6) is -1.02. The lowest BCUT2D eigenvalue weighted by Crippen LogP contribution is -2.13. The van der Waals surface area contributed by atoms with E-state index >= 15 is 0 Å². The third kappa shape index (κ3) is 2.31. The average Bonchev–Trinajstić information content (AvgIpc) is 2.88. The van der Waals surface area contributed by atoms with Crippen molar-refractivity contribution < 1.29 is 13.5 Å². The van der Waals surface area contributed by atoms with E-state index in [0.29, 0.717) is 12.2 Å². The van der Waals surface area contributed by atoms with Crippen molar-refractivity contribution in [2.75, 3.05) is 6.61 Å². The van der Waals surface area contributed by atoms with Crippen LogP contribution in [0.3, 0.4) is 0 Å². The van der Waals surface area contributed by atoms with Gasteiger partial charge in [-0.15, -0.1) is 0 Å². The minimum Gasteiger partial charge on any atom is -0.493 e. The monoisotopic (exact) mass is 339 g/mol. The van der Waals surface area contributed by atoms with Gasteiger partial charge in [0.05, 0.1) is 12.6 Å². The molecule has 3 rings (SSSR count). The Morgan fingerprint density at radius 2 is 1.95 bits per heavy atom. The largest absolute Gasteiger partial charge is 0.493 e. The van der Waals surface area contributed by atoms with Crippen LogP contribution in [0.15, 0.2) is 34.8 Å². The number of ether oxygens (including phenoxy) is 1. The molecule has 2 nitrogen and oxygen atoms in total. The van der Waals surface area contributed by atoms with Gasteiger partial charge in [0, 0.05) is 16.5 Å². The zero-order chi connectivity index (χ0) is 14.3. The molecule has 0 spiro atoms. The standard InChI is InChI=1S/C15H12BrF2NO/c16-10-5-9-3-4-20-15(9)11(7-10)14(19)8-1-2-12(17)13(18)6-8/h1-2,5-7,14H,3-4,19H2. The number of nitrogens with two attached hydrogens (primary N) is 1. The van der Waals surface area contributed by atoms with E-state index in [1.165, 1.54) is 6.07 Å². The summed E-state index contributed by atoms with van der Waals surface area (Å²) in [5, 5.41) is 0. The molecule has 1 atom stereocenters. The molecule has 1 aliphatic heterocycles. The first kappa shape index (κ1) is 13.5. The highest BCUT2D eigenvalue weighted by atomic mass is 79.9. The van der Waals surface area contributed by atoms with Crippen molar-refractivity contribution in [3.63, 3.8) is 0 Å². The predicted octanol–water partition coefficient (Wildman–Crippen LogP) is 3.71. The van der Waals surface area contributed by atoms with Gasteiger partial charge >= 0.3 is 0 Å². The van der Waals surface area contributed by atoms with Crippen molar-refractivity contribution >= 4 is 15.9 Å². The maximum absolute atomic E-state index is 13.3. The number of hydrogen-bond acceptors (Lipinski definition) is 2. The fourth-order valence-electron chi connectivity index (χ4n) is 2.41. The van der Waals surface area contributed by atoms with Gasteiger partial charge in [0.2, 0.25) is 0 Å². The van der Waals surface area contributed by atoms with E-state index in [0.717, 1.165) is 39.9 Å². The highest BCUT2D eigenvalue weighted by molar-refractivity contribution is 9.10. The number of fused-ring (bicyclic) bond motifs is 1. The van der Waals surface area contributed by atoms with Gasteiger partial charge in [0.1, 0.15) is 5.75 Å². The molecular weight excluding hydrogens is 328 g/mol. The van der Waals surface area contributed by atoms with Crippen molar-refractivity contribution in [1.82, 2.24) is 0 Å². The lowest BCUT2D eigenvalue weighted by atomic mass is 9.96. The fraction of sp³-hybridized carbons (Fsp3) is 0.200. The summed E-state index contributed by atoms with van der Waals surface area (Å²) in [5.41, 5.74) is 8.55. The molecule has 0 radical (unpaired) electrons. The Labute approximate surface area is 123 Å². The van der Waals surface area contributed by atoms with E-state index in [2.05, 4.69) is 15.9 Å². The van der Waals surface area contributed by atoms with Crippen LogP contribution in [0.1, 0.15) is 22.7 Å². The van der Waals surface area contributed by atoms with Crippen LogP contribution in [0.2, 0.25) is 0 Å². The van der Waals surface area contributed by atoms with E-state index in [9.17, 15) is 8.78 Å². The van der Waals surface area contributed by atoms with Crippen LogP contribution in [0, 0.1) is 11.6 Å². The first-order valence-corrected chi connectivity index (χ1v) is 7.01. The van der Waals surface area contributed by atoms with Crippen molar-refractivity contribution in [2.45, 2.75) is 12.5 Å². The Morgan fingerprint density at radius 3 is 2.70 bits per heavy atom. The van der Waals surface area contributed by atoms with Gasteiger partial charge in [-0.2, -0.15) is 0 Å². The molecule has 1 aliphatic rings. The van der Waals surface area contributed by atoms with Crippen molar-refractivity contribution in [2.24, 2.45) is 5.73 Å². The lowest BCUT2D eigenvalue weighted by molar-refractivity contribution is 0.352. The third-order valence-electron chi connectivity index (χ3n) is 3.41. The number of hydrogen-bond donors (Lipinski definition) is 1. The number of rotatable bonds is 2. The van der Waals surface area contributed by atoms with E-state index < -0.39 is 17.7 Å². The first-order chi connectivity index (χ1) is 9.56. The minimum atomic E-state index is -0.898. The van der Waals surface area contributed by atoms with Gasteiger partial charge in [0.25, 0.3) is 0 Å². The predicted molar refractivity (Wildman–Crippen MR) is 75.7 cm³/mol. The SMILES string of the molecule is NC(c1ccc(F)c(F)c1)c1cc(Br)cc2c1OCC2. The maximum atomic E-state index is 13.3. The summed E-state index contributed by atoms with van der Waals surface area (Å²) in [6.07, 6.45) is 0.826. The highest BCUT2D eigenvalue weighted by Crippen LogP contribution is 2.37. The molecule has 0 aliphatic carbocycles. The smallest absolute Gasteiger partial charge is 0.159 e. The molecule has 104 valence electrons. The Morgan fingerprint density at radius 1 is 1.15 bits per heavy atom. The van der Waals surface area contributed by atoms with Gasteiger partial charge in [0.15, 0.2) is 11.6 Å². The van der Waals surface area contributed by atoms with E-state index in [-0.39, 0.29) is 0 Å². The summed E-state index contributed by atoms with van der Waals surface area (Å²) in [7, 11) is 0. The topological polar surface area (TPSA) is 35.2 Å².